The molecule has 3 N–H and O–H groups in total. The van der Waals surface area contributed by atoms with Crippen molar-refractivity contribution in [2.45, 2.75) is 105 Å². The number of fused-ring (bicyclic) bond motifs is 1. The Bertz CT molecular complexity index is 1230. The molecule has 0 aliphatic heterocycles. The molecule has 0 saturated heterocycles. The fourth-order valence-corrected chi connectivity index (χ4v) is 6.47. The summed E-state index contributed by atoms with van der Waals surface area (Å²) in [4.78, 5) is 42.4. The van der Waals surface area contributed by atoms with Crippen molar-refractivity contribution in [3.63, 3.8) is 0 Å². The van der Waals surface area contributed by atoms with Crippen LogP contribution in [0.25, 0.3) is 10.8 Å². The van der Waals surface area contributed by atoms with E-state index in [4.69, 9.17) is 10.1 Å². The fourth-order valence-electron chi connectivity index (χ4n) is 6.47. The summed E-state index contributed by atoms with van der Waals surface area (Å²) in [5.74, 6) is -0.0188. The van der Waals surface area contributed by atoms with Gasteiger partial charge in [-0.1, -0.05) is 66.4 Å². The Hall–Kier alpha value is -2.96. The van der Waals surface area contributed by atoms with Gasteiger partial charge in [-0.05, 0) is 78.4 Å². The van der Waals surface area contributed by atoms with Crippen LogP contribution >= 0.6 is 0 Å². The molecule has 0 radical (unpaired) electrons. The summed E-state index contributed by atoms with van der Waals surface area (Å²) in [6.07, 6.45) is 9.78. The highest BCUT2D eigenvalue weighted by Crippen LogP contribution is 2.38. The van der Waals surface area contributed by atoms with Crippen molar-refractivity contribution >= 4 is 28.6 Å². The van der Waals surface area contributed by atoms with Crippen LogP contribution in [0.2, 0.25) is 0 Å². The summed E-state index contributed by atoms with van der Waals surface area (Å²) in [5.41, 5.74) is 1.56. The Balaban J connectivity index is 1.53. The molecule has 2 aromatic rings. The maximum atomic E-state index is 13.3. The molecule has 1 heterocycles. The molecule has 2 aliphatic rings. The molecule has 4 rings (SSSR count). The largest absolute Gasteiger partial charge is 0.481 e. The summed E-state index contributed by atoms with van der Waals surface area (Å²) in [5, 5.41) is 17.1. The van der Waals surface area contributed by atoms with Crippen molar-refractivity contribution < 1.29 is 19.5 Å². The zero-order valence-electron chi connectivity index (χ0n) is 24.9. The van der Waals surface area contributed by atoms with E-state index >= 15 is 0 Å². The molecule has 40 heavy (non-hydrogen) atoms. The van der Waals surface area contributed by atoms with Crippen LogP contribution in [0.1, 0.15) is 119 Å². The number of pyridine rings is 1. The van der Waals surface area contributed by atoms with Crippen LogP contribution in [-0.2, 0) is 11.2 Å². The Kier molecular flexibility index (Phi) is 9.21. The van der Waals surface area contributed by atoms with Gasteiger partial charge in [0.25, 0.3) is 11.8 Å². The molecule has 0 unspecified atom stereocenters. The first-order valence-electron chi connectivity index (χ1n) is 15.1. The van der Waals surface area contributed by atoms with Crippen LogP contribution in [0, 0.1) is 22.7 Å². The number of benzene rings is 1. The van der Waals surface area contributed by atoms with Gasteiger partial charge >= 0.3 is 5.97 Å². The number of nitrogens with zero attached hydrogens (tertiary/aromatic N) is 1. The molecule has 218 valence electrons. The van der Waals surface area contributed by atoms with Crippen LogP contribution in [0.4, 0.5) is 0 Å². The van der Waals surface area contributed by atoms with Gasteiger partial charge in [0, 0.05) is 29.2 Å². The normalized spacial score (nSPS) is 20.4. The summed E-state index contributed by atoms with van der Waals surface area (Å²) < 4.78 is 0. The quantitative estimate of drug-likeness (QED) is 0.329. The summed E-state index contributed by atoms with van der Waals surface area (Å²) in [6, 6.07) is 7.69. The summed E-state index contributed by atoms with van der Waals surface area (Å²) in [7, 11) is 0. The fraction of sp³-hybridized carbons (Fsp3) is 0.636. The van der Waals surface area contributed by atoms with Crippen LogP contribution in [0.5, 0.6) is 0 Å². The number of amides is 2. The number of carboxylic acids is 1. The van der Waals surface area contributed by atoms with Crippen molar-refractivity contribution in [3.05, 3.63) is 41.2 Å². The van der Waals surface area contributed by atoms with Gasteiger partial charge < -0.3 is 15.7 Å². The van der Waals surface area contributed by atoms with Gasteiger partial charge in [0.1, 0.15) is 5.69 Å². The third-order valence-corrected chi connectivity index (χ3v) is 9.01. The molecule has 2 amide bonds. The Morgan fingerprint density at radius 2 is 1.60 bits per heavy atom. The number of aliphatic carboxylic acids is 1. The molecule has 0 bridgehead atoms. The second-order valence-corrected chi connectivity index (χ2v) is 14.1. The molecule has 2 fully saturated rings. The van der Waals surface area contributed by atoms with Crippen LogP contribution in [0.3, 0.4) is 0 Å². The van der Waals surface area contributed by atoms with Gasteiger partial charge in [-0.2, -0.15) is 0 Å². The van der Waals surface area contributed by atoms with Crippen molar-refractivity contribution in [2.75, 3.05) is 6.54 Å². The van der Waals surface area contributed by atoms with Crippen LogP contribution in [-0.4, -0.2) is 40.5 Å². The lowest BCUT2D eigenvalue weighted by molar-refractivity contribution is -0.139. The minimum absolute atomic E-state index is 0.0335. The van der Waals surface area contributed by atoms with Gasteiger partial charge in [0.2, 0.25) is 0 Å². The zero-order chi connectivity index (χ0) is 29.1. The second-order valence-electron chi connectivity index (χ2n) is 14.1. The van der Waals surface area contributed by atoms with E-state index in [1.807, 2.05) is 32.0 Å². The average molecular weight is 550 g/mol. The molecule has 7 nitrogen and oxygen atoms in total. The number of hydrogen-bond acceptors (Lipinski definition) is 4. The first-order chi connectivity index (χ1) is 18.8. The monoisotopic (exact) mass is 549 g/mol. The summed E-state index contributed by atoms with van der Waals surface area (Å²) in [6.45, 7) is 10.8. The lowest BCUT2D eigenvalue weighted by Gasteiger charge is -2.37. The van der Waals surface area contributed by atoms with Crippen molar-refractivity contribution in [1.29, 1.82) is 0 Å². The smallest absolute Gasteiger partial charge is 0.303 e. The number of carbonyl (C=O) groups excluding carboxylic acids is 2. The van der Waals surface area contributed by atoms with E-state index < -0.39 is 11.4 Å². The lowest BCUT2D eigenvalue weighted by Crippen LogP contribution is -2.39. The van der Waals surface area contributed by atoms with E-state index in [-0.39, 0.29) is 30.8 Å². The van der Waals surface area contributed by atoms with E-state index in [1.54, 1.807) is 6.07 Å². The Labute approximate surface area is 238 Å². The van der Waals surface area contributed by atoms with Crippen LogP contribution < -0.4 is 10.6 Å². The molecule has 0 spiro atoms. The Morgan fingerprint density at radius 3 is 2.23 bits per heavy atom. The number of aromatic nitrogens is 1. The molecule has 2 saturated carbocycles. The minimum Gasteiger partial charge on any atom is -0.481 e. The number of carbonyl (C=O) groups is 3. The molecular formula is C33H47N3O4. The third kappa shape index (κ3) is 7.82. The predicted molar refractivity (Wildman–Crippen MR) is 158 cm³/mol. The Morgan fingerprint density at radius 1 is 0.925 bits per heavy atom. The van der Waals surface area contributed by atoms with Gasteiger partial charge in [-0.15, -0.1) is 0 Å². The van der Waals surface area contributed by atoms with E-state index in [2.05, 4.69) is 31.4 Å². The first-order valence-corrected chi connectivity index (χ1v) is 15.1. The van der Waals surface area contributed by atoms with E-state index in [9.17, 15) is 14.4 Å². The maximum Gasteiger partial charge on any atom is 0.303 e. The average Bonchev–Trinajstić information content (AvgIpc) is 3.39. The number of hydrogen-bond donors (Lipinski definition) is 3. The number of nitrogens with one attached hydrogen (secondary N) is 2. The molecule has 2 aliphatic carbocycles. The van der Waals surface area contributed by atoms with Crippen molar-refractivity contribution in [1.82, 2.24) is 15.6 Å². The standard InChI is InChI=1S/C33H47N3O4/c1-32(2,3)24-12-14-25(15-13-24)35-30(39)23-11-10-22-18-28(31(40)34-20-33(4,5)19-29(37)38)36-27(26(22)17-23)16-21-8-6-7-9-21/h10-11,17-18,21,24-25H,6-9,12-16,19-20H2,1-5H3,(H,34,40)(H,35,39)(H,37,38). The highest BCUT2D eigenvalue weighted by Gasteiger charge is 2.30. The highest BCUT2D eigenvalue weighted by molar-refractivity contribution is 6.01. The van der Waals surface area contributed by atoms with E-state index in [0.29, 0.717) is 28.5 Å². The van der Waals surface area contributed by atoms with Gasteiger partial charge in [-0.3, -0.25) is 14.4 Å². The maximum absolute atomic E-state index is 13.3. The van der Waals surface area contributed by atoms with Gasteiger partial charge in [0.15, 0.2) is 0 Å². The zero-order valence-corrected chi connectivity index (χ0v) is 24.9. The number of rotatable bonds is 9. The van der Waals surface area contributed by atoms with Crippen molar-refractivity contribution in [3.8, 4) is 0 Å². The molecule has 1 aromatic carbocycles. The minimum atomic E-state index is -0.889. The van der Waals surface area contributed by atoms with Gasteiger partial charge in [0.05, 0.1) is 6.42 Å². The lowest BCUT2D eigenvalue weighted by atomic mass is 9.71. The van der Waals surface area contributed by atoms with E-state index in [0.717, 1.165) is 61.4 Å². The highest BCUT2D eigenvalue weighted by atomic mass is 16.4. The summed E-state index contributed by atoms with van der Waals surface area (Å²) >= 11 is 0. The third-order valence-electron chi connectivity index (χ3n) is 9.01. The second kappa shape index (κ2) is 12.3. The molecule has 0 atom stereocenters. The van der Waals surface area contributed by atoms with Gasteiger partial charge in [-0.25, -0.2) is 4.98 Å². The van der Waals surface area contributed by atoms with Crippen LogP contribution in [0.15, 0.2) is 24.3 Å². The van der Waals surface area contributed by atoms with E-state index in [1.165, 1.54) is 12.8 Å². The molecule has 7 heteroatoms. The predicted octanol–water partition coefficient (Wildman–Crippen LogP) is 6.53. The molecular weight excluding hydrogens is 502 g/mol. The topological polar surface area (TPSA) is 108 Å². The molecule has 1 aromatic heterocycles. The SMILES string of the molecule is CC(C)(CNC(=O)c1cc2ccc(C(=O)NC3CCC(C(C)(C)C)CC3)cc2c(CC2CCCC2)n1)CC(=O)O. The number of carboxylic acid groups (broad SMARTS) is 1. The van der Waals surface area contributed by atoms with Crippen molar-refractivity contribution in [2.24, 2.45) is 22.7 Å². The first kappa shape index (κ1) is 30.0.